The highest BCUT2D eigenvalue weighted by Gasteiger charge is 2.33. The van der Waals surface area contributed by atoms with Gasteiger partial charge in [0.25, 0.3) is 0 Å². The summed E-state index contributed by atoms with van der Waals surface area (Å²) in [5.41, 5.74) is -0.281. The van der Waals surface area contributed by atoms with Crippen molar-refractivity contribution in [3.05, 3.63) is 0 Å². The number of carbonyl (C=O) groups is 2. The van der Waals surface area contributed by atoms with Crippen molar-refractivity contribution in [3.63, 3.8) is 0 Å². The normalized spacial score (nSPS) is 17.3. The van der Waals surface area contributed by atoms with Crippen molar-refractivity contribution in [2.45, 2.75) is 25.9 Å². The third kappa shape index (κ3) is 4.32. The molecule has 1 aliphatic heterocycles. The number of hydrogen-bond donors (Lipinski definition) is 2. The summed E-state index contributed by atoms with van der Waals surface area (Å²) >= 11 is 0. The minimum Gasteiger partial charge on any atom is -0.480 e. The molecule has 0 aromatic heterocycles. The molecule has 0 aromatic carbocycles. The Morgan fingerprint density at radius 2 is 2.12 bits per heavy atom. The summed E-state index contributed by atoms with van der Waals surface area (Å²) in [5.74, 6) is -1.26. The summed E-state index contributed by atoms with van der Waals surface area (Å²) in [7, 11) is 0. The lowest BCUT2D eigenvalue weighted by molar-refractivity contribution is -0.151. The van der Waals surface area contributed by atoms with Crippen molar-refractivity contribution in [3.8, 4) is 0 Å². The van der Waals surface area contributed by atoms with Crippen LogP contribution in [0.3, 0.4) is 0 Å². The topological polar surface area (TPSA) is 78.9 Å². The molecule has 0 aliphatic carbocycles. The number of nitrogens with zero attached hydrogens (tertiary/aromatic N) is 1. The van der Waals surface area contributed by atoms with Gasteiger partial charge in [0, 0.05) is 19.6 Å². The molecule has 0 bridgehead atoms. The maximum atomic E-state index is 11.8. The van der Waals surface area contributed by atoms with Crippen molar-refractivity contribution in [2.75, 3.05) is 32.8 Å². The van der Waals surface area contributed by atoms with Crippen LogP contribution in [-0.2, 0) is 14.3 Å². The number of amides is 1. The van der Waals surface area contributed by atoms with E-state index in [1.807, 2.05) is 13.8 Å². The van der Waals surface area contributed by atoms with E-state index in [9.17, 15) is 9.59 Å². The van der Waals surface area contributed by atoms with Crippen LogP contribution in [-0.4, -0.2) is 60.3 Å². The Kier molecular flexibility index (Phi) is 4.89. The first kappa shape index (κ1) is 13.9. The predicted octanol–water partition coefficient (Wildman–Crippen LogP) is -0.312. The Bertz CT molecular complexity index is 289. The third-order valence-electron chi connectivity index (χ3n) is 2.71. The molecule has 1 heterocycles. The van der Waals surface area contributed by atoms with E-state index in [0.717, 1.165) is 19.5 Å². The number of ether oxygens (including phenoxy) is 1. The molecule has 0 unspecified atom stereocenters. The summed E-state index contributed by atoms with van der Waals surface area (Å²) in [6.07, 6.45) is 0.734. The minimum absolute atomic E-state index is 0.0501. The highest BCUT2D eigenvalue weighted by Crippen LogP contribution is 2.15. The summed E-state index contributed by atoms with van der Waals surface area (Å²) < 4.78 is 5.49. The van der Waals surface area contributed by atoms with E-state index < -0.39 is 5.97 Å². The van der Waals surface area contributed by atoms with Crippen LogP contribution in [0.4, 0.5) is 0 Å². The number of aliphatic carboxylic acids is 1. The second-order valence-electron chi connectivity index (χ2n) is 4.55. The van der Waals surface area contributed by atoms with Crippen molar-refractivity contribution < 1.29 is 19.4 Å². The van der Waals surface area contributed by atoms with Gasteiger partial charge in [-0.25, -0.2) is 0 Å². The Morgan fingerprint density at radius 3 is 2.53 bits per heavy atom. The molecular formula is C11H20N2O4. The molecule has 0 saturated carbocycles. The summed E-state index contributed by atoms with van der Waals surface area (Å²) in [5, 5.41) is 11.8. The minimum atomic E-state index is -0.997. The Labute approximate surface area is 101 Å². The number of carbonyl (C=O) groups excluding carboxylic acids is 1. The molecule has 0 spiro atoms. The molecule has 1 fully saturated rings. The van der Waals surface area contributed by atoms with Gasteiger partial charge in [0.05, 0.1) is 5.60 Å². The second kappa shape index (κ2) is 5.97. The van der Waals surface area contributed by atoms with Crippen LogP contribution in [0.5, 0.6) is 0 Å². The van der Waals surface area contributed by atoms with Crippen LogP contribution >= 0.6 is 0 Å². The average Bonchev–Trinajstić information content (AvgIpc) is 2.22. The summed E-state index contributed by atoms with van der Waals surface area (Å²) in [4.78, 5) is 23.7. The molecular weight excluding hydrogens is 224 g/mol. The zero-order chi connectivity index (χ0) is 12.9. The van der Waals surface area contributed by atoms with Gasteiger partial charge in [0.1, 0.15) is 13.2 Å². The van der Waals surface area contributed by atoms with Gasteiger partial charge in [-0.05, 0) is 13.3 Å². The lowest BCUT2D eigenvalue weighted by atomic mass is 10.0. The van der Waals surface area contributed by atoms with Gasteiger partial charge in [-0.15, -0.1) is 0 Å². The molecule has 0 radical (unpaired) electrons. The molecule has 17 heavy (non-hydrogen) atoms. The van der Waals surface area contributed by atoms with Gasteiger partial charge in [-0.1, -0.05) is 6.92 Å². The lowest BCUT2D eigenvalue weighted by Gasteiger charge is -2.39. The van der Waals surface area contributed by atoms with Gasteiger partial charge >= 0.3 is 5.97 Å². The van der Waals surface area contributed by atoms with Gasteiger partial charge in [-0.2, -0.15) is 0 Å². The summed E-state index contributed by atoms with van der Waals surface area (Å²) in [6, 6.07) is 0. The van der Waals surface area contributed by atoms with E-state index in [1.54, 1.807) is 0 Å². The van der Waals surface area contributed by atoms with E-state index >= 15 is 0 Å². The van der Waals surface area contributed by atoms with Gasteiger partial charge in [-0.3, -0.25) is 9.59 Å². The van der Waals surface area contributed by atoms with Crippen LogP contribution in [0.1, 0.15) is 20.3 Å². The molecule has 2 N–H and O–H groups in total. The van der Waals surface area contributed by atoms with Gasteiger partial charge < -0.3 is 20.1 Å². The zero-order valence-corrected chi connectivity index (χ0v) is 10.4. The monoisotopic (exact) mass is 244 g/mol. The maximum absolute atomic E-state index is 11.8. The van der Waals surface area contributed by atoms with E-state index in [0.29, 0.717) is 6.54 Å². The molecule has 98 valence electrons. The SMILES string of the molecule is CCCN(CC(=O)O)C(=O)COC1(C)CNC1. The third-order valence-corrected chi connectivity index (χ3v) is 2.71. The fourth-order valence-electron chi connectivity index (χ4n) is 1.63. The predicted molar refractivity (Wildman–Crippen MR) is 61.7 cm³/mol. The standard InChI is InChI=1S/C11H20N2O4/c1-3-4-13(5-10(15)16)9(14)6-17-11(2)7-12-8-11/h12H,3-8H2,1-2H3,(H,15,16). The maximum Gasteiger partial charge on any atom is 0.323 e. The van der Waals surface area contributed by atoms with Crippen LogP contribution in [0, 0.1) is 0 Å². The van der Waals surface area contributed by atoms with E-state index in [2.05, 4.69) is 5.32 Å². The first-order valence-corrected chi connectivity index (χ1v) is 5.81. The highest BCUT2D eigenvalue weighted by atomic mass is 16.5. The summed E-state index contributed by atoms with van der Waals surface area (Å²) in [6.45, 7) is 5.43. The quantitative estimate of drug-likeness (QED) is 0.642. The highest BCUT2D eigenvalue weighted by molar-refractivity contribution is 5.82. The molecule has 1 aliphatic rings. The largest absolute Gasteiger partial charge is 0.480 e. The van der Waals surface area contributed by atoms with Crippen molar-refractivity contribution in [1.29, 1.82) is 0 Å². The smallest absolute Gasteiger partial charge is 0.323 e. The Hall–Kier alpha value is -1.14. The number of rotatable bonds is 7. The van der Waals surface area contributed by atoms with Crippen molar-refractivity contribution in [1.82, 2.24) is 10.2 Å². The Balaban J connectivity index is 2.38. The van der Waals surface area contributed by atoms with E-state index in [-0.39, 0.29) is 24.7 Å². The van der Waals surface area contributed by atoms with Crippen molar-refractivity contribution in [2.24, 2.45) is 0 Å². The van der Waals surface area contributed by atoms with Gasteiger partial charge in [0.15, 0.2) is 0 Å². The number of nitrogens with one attached hydrogen (secondary N) is 1. The van der Waals surface area contributed by atoms with Crippen LogP contribution < -0.4 is 5.32 Å². The first-order chi connectivity index (χ1) is 7.97. The molecule has 1 rings (SSSR count). The van der Waals surface area contributed by atoms with Crippen molar-refractivity contribution >= 4 is 11.9 Å². The van der Waals surface area contributed by atoms with E-state index in [1.165, 1.54) is 4.90 Å². The molecule has 0 atom stereocenters. The number of carboxylic acid groups (broad SMARTS) is 1. The molecule has 6 nitrogen and oxygen atoms in total. The van der Waals surface area contributed by atoms with Gasteiger partial charge in [0.2, 0.25) is 5.91 Å². The molecule has 1 amide bonds. The van der Waals surface area contributed by atoms with E-state index in [4.69, 9.17) is 9.84 Å². The zero-order valence-electron chi connectivity index (χ0n) is 10.4. The first-order valence-electron chi connectivity index (χ1n) is 5.81. The lowest BCUT2D eigenvalue weighted by Crippen LogP contribution is -2.59. The average molecular weight is 244 g/mol. The fourth-order valence-corrected chi connectivity index (χ4v) is 1.63. The second-order valence-corrected chi connectivity index (χ2v) is 4.55. The van der Waals surface area contributed by atoms with Crippen LogP contribution in [0.25, 0.3) is 0 Å². The Morgan fingerprint density at radius 1 is 1.47 bits per heavy atom. The fraction of sp³-hybridized carbons (Fsp3) is 0.818. The van der Waals surface area contributed by atoms with Crippen LogP contribution in [0.2, 0.25) is 0 Å². The number of hydrogen-bond acceptors (Lipinski definition) is 4. The van der Waals surface area contributed by atoms with Crippen LogP contribution in [0.15, 0.2) is 0 Å². The number of carboxylic acids is 1. The molecule has 6 heteroatoms. The molecule has 0 aromatic rings. The molecule has 1 saturated heterocycles.